The summed E-state index contributed by atoms with van der Waals surface area (Å²) >= 11 is 0. The predicted octanol–water partition coefficient (Wildman–Crippen LogP) is 2.19. The van der Waals surface area contributed by atoms with Crippen molar-refractivity contribution in [2.45, 2.75) is 38.6 Å². The monoisotopic (exact) mass is 151 g/mol. The Bertz CT molecular complexity index is 187. The van der Waals surface area contributed by atoms with Crippen molar-refractivity contribution < 1.29 is 0 Å². The quantitative estimate of drug-likeness (QED) is 0.519. The highest BCUT2D eigenvalue weighted by atomic mass is 15.1. The molecule has 0 aromatic heterocycles. The molecule has 2 rings (SSSR count). The van der Waals surface area contributed by atoms with E-state index in [4.69, 9.17) is 0 Å². The zero-order valence-corrected chi connectivity index (χ0v) is 7.56. The lowest BCUT2D eigenvalue weighted by Crippen LogP contribution is -2.25. The van der Waals surface area contributed by atoms with Crippen LogP contribution >= 0.6 is 0 Å². The predicted molar refractivity (Wildman–Crippen MR) is 47.6 cm³/mol. The first kappa shape index (κ1) is 7.35. The maximum Gasteiger partial charge on any atom is 0.0304 e. The molecular formula is C10H17N. The second kappa shape index (κ2) is 2.63. The van der Waals surface area contributed by atoms with E-state index in [9.17, 15) is 0 Å². The fourth-order valence-electron chi connectivity index (χ4n) is 2.15. The van der Waals surface area contributed by atoms with Crippen LogP contribution in [0.25, 0.3) is 0 Å². The van der Waals surface area contributed by atoms with Gasteiger partial charge in [-0.25, -0.2) is 0 Å². The number of likely N-dealkylation sites (tertiary alicyclic amines) is 1. The number of likely N-dealkylation sites (N-methyl/N-ethyl adjacent to an activating group) is 1. The Morgan fingerprint density at radius 3 is 2.64 bits per heavy atom. The summed E-state index contributed by atoms with van der Waals surface area (Å²) in [5, 5.41) is 0. The van der Waals surface area contributed by atoms with Crippen molar-refractivity contribution in [3.05, 3.63) is 11.1 Å². The Morgan fingerprint density at radius 2 is 2.18 bits per heavy atom. The lowest BCUT2D eigenvalue weighted by molar-refractivity contribution is 0.344. The third-order valence-electron chi connectivity index (χ3n) is 3.08. The summed E-state index contributed by atoms with van der Waals surface area (Å²) in [6.45, 7) is 3.63. The van der Waals surface area contributed by atoms with Gasteiger partial charge in [-0.05, 0) is 46.2 Å². The number of allylic oxidation sites excluding steroid dienone is 1. The van der Waals surface area contributed by atoms with E-state index < -0.39 is 0 Å². The molecule has 0 aromatic rings. The number of hydrogen-bond donors (Lipinski definition) is 0. The molecule has 1 aliphatic carbocycles. The molecule has 1 saturated carbocycles. The van der Waals surface area contributed by atoms with E-state index in [1.165, 1.54) is 32.2 Å². The zero-order valence-electron chi connectivity index (χ0n) is 7.56. The van der Waals surface area contributed by atoms with Gasteiger partial charge in [0, 0.05) is 6.04 Å². The fourth-order valence-corrected chi connectivity index (χ4v) is 2.15. The van der Waals surface area contributed by atoms with E-state index in [1.54, 1.807) is 11.1 Å². The summed E-state index contributed by atoms with van der Waals surface area (Å²) < 4.78 is 0. The normalized spacial score (nSPS) is 31.1. The van der Waals surface area contributed by atoms with Gasteiger partial charge in [0.25, 0.3) is 0 Å². The van der Waals surface area contributed by atoms with Crippen LogP contribution in [0.15, 0.2) is 11.1 Å². The first-order chi connectivity index (χ1) is 5.29. The van der Waals surface area contributed by atoms with E-state index >= 15 is 0 Å². The highest BCUT2D eigenvalue weighted by Crippen LogP contribution is 2.36. The van der Waals surface area contributed by atoms with Gasteiger partial charge < -0.3 is 0 Å². The molecule has 0 bridgehead atoms. The third kappa shape index (κ3) is 1.34. The molecule has 0 amide bonds. The Morgan fingerprint density at radius 1 is 1.45 bits per heavy atom. The first-order valence-electron chi connectivity index (χ1n) is 4.68. The van der Waals surface area contributed by atoms with E-state index in [0.29, 0.717) is 0 Å². The van der Waals surface area contributed by atoms with Crippen LogP contribution in [0.1, 0.15) is 32.6 Å². The number of rotatable bonds is 1. The highest BCUT2D eigenvalue weighted by molar-refractivity contribution is 5.28. The number of hydrogen-bond acceptors (Lipinski definition) is 1. The van der Waals surface area contributed by atoms with Crippen LogP contribution in [-0.4, -0.2) is 24.5 Å². The van der Waals surface area contributed by atoms with Gasteiger partial charge in [0.2, 0.25) is 0 Å². The fraction of sp³-hybridized carbons (Fsp3) is 0.800. The molecule has 11 heavy (non-hydrogen) atoms. The van der Waals surface area contributed by atoms with Gasteiger partial charge in [-0.2, -0.15) is 0 Å². The molecule has 62 valence electrons. The van der Waals surface area contributed by atoms with Crippen molar-refractivity contribution in [3.8, 4) is 0 Å². The molecule has 2 aliphatic rings. The second-order valence-corrected chi connectivity index (χ2v) is 3.93. The van der Waals surface area contributed by atoms with E-state index in [2.05, 4.69) is 18.9 Å². The molecule has 1 nitrogen and oxygen atoms in total. The number of nitrogens with zero attached hydrogens (tertiary/aromatic N) is 1. The van der Waals surface area contributed by atoms with Gasteiger partial charge in [0.1, 0.15) is 0 Å². The first-order valence-corrected chi connectivity index (χ1v) is 4.68. The smallest absolute Gasteiger partial charge is 0.0304 e. The van der Waals surface area contributed by atoms with Crippen LogP contribution in [-0.2, 0) is 0 Å². The zero-order chi connectivity index (χ0) is 7.84. The highest BCUT2D eigenvalue weighted by Gasteiger charge is 2.26. The van der Waals surface area contributed by atoms with Gasteiger partial charge in [-0.3, -0.25) is 4.90 Å². The molecule has 1 heterocycles. The van der Waals surface area contributed by atoms with Crippen molar-refractivity contribution in [2.24, 2.45) is 0 Å². The van der Waals surface area contributed by atoms with Crippen molar-refractivity contribution in [1.82, 2.24) is 4.90 Å². The van der Waals surface area contributed by atoms with Gasteiger partial charge >= 0.3 is 0 Å². The maximum atomic E-state index is 2.50. The van der Waals surface area contributed by atoms with Gasteiger partial charge in [0.05, 0.1) is 0 Å². The molecule has 0 radical (unpaired) electrons. The average Bonchev–Trinajstić information content (AvgIpc) is 2.74. The van der Waals surface area contributed by atoms with Crippen LogP contribution in [0.5, 0.6) is 0 Å². The molecule has 1 saturated heterocycles. The minimum Gasteiger partial charge on any atom is -0.300 e. The summed E-state index contributed by atoms with van der Waals surface area (Å²) in [7, 11) is 2.25. The van der Waals surface area contributed by atoms with Crippen molar-refractivity contribution >= 4 is 0 Å². The minimum absolute atomic E-state index is 0.799. The Hall–Kier alpha value is -0.300. The molecule has 1 heteroatoms. The molecule has 0 N–H and O–H groups in total. The van der Waals surface area contributed by atoms with Crippen LogP contribution in [0.3, 0.4) is 0 Å². The Balaban J connectivity index is 2.09. The summed E-state index contributed by atoms with van der Waals surface area (Å²) in [5.41, 5.74) is 3.42. The lowest BCUT2D eigenvalue weighted by atomic mass is 10.1. The molecule has 0 aromatic carbocycles. The molecule has 2 fully saturated rings. The molecule has 1 aliphatic heterocycles. The molecule has 1 unspecified atom stereocenters. The van der Waals surface area contributed by atoms with Gasteiger partial charge in [-0.15, -0.1) is 0 Å². The largest absolute Gasteiger partial charge is 0.300 e. The van der Waals surface area contributed by atoms with Crippen molar-refractivity contribution in [1.29, 1.82) is 0 Å². The summed E-state index contributed by atoms with van der Waals surface area (Å²) in [5.74, 6) is 0. The van der Waals surface area contributed by atoms with Crippen molar-refractivity contribution in [3.63, 3.8) is 0 Å². The van der Waals surface area contributed by atoms with Gasteiger partial charge in [-0.1, -0.05) is 11.1 Å². The van der Waals surface area contributed by atoms with Crippen LogP contribution in [0.2, 0.25) is 0 Å². The molecule has 1 atom stereocenters. The summed E-state index contributed by atoms with van der Waals surface area (Å²) in [6.07, 6.45) is 5.56. The second-order valence-electron chi connectivity index (χ2n) is 3.93. The molecular weight excluding hydrogens is 134 g/mol. The van der Waals surface area contributed by atoms with E-state index in [0.717, 1.165) is 6.04 Å². The maximum absolute atomic E-state index is 2.50. The topological polar surface area (TPSA) is 3.24 Å². The summed E-state index contributed by atoms with van der Waals surface area (Å²) in [4.78, 5) is 2.50. The molecule has 0 spiro atoms. The van der Waals surface area contributed by atoms with Crippen LogP contribution in [0.4, 0.5) is 0 Å². The van der Waals surface area contributed by atoms with Crippen molar-refractivity contribution in [2.75, 3.05) is 13.6 Å². The van der Waals surface area contributed by atoms with E-state index in [1.807, 2.05) is 0 Å². The average molecular weight is 151 g/mol. The lowest BCUT2D eigenvalue weighted by Gasteiger charge is -2.19. The standard InChI is InChI=1S/C10H17N/c1-8(9-5-6-9)10-4-3-7-11(10)2/h10H,3-7H2,1-2H3. The Labute approximate surface area is 69.1 Å². The van der Waals surface area contributed by atoms with E-state index in [-0.39, 0.29) is 0 Å². The SMILES string of the molecule is CC(=C1CC1)C1CCCN1C. The minimum atomic E-state index is 0.799. The van der Waals surface area contributed by atoms with Crippen LogP contribution < -0.4 is 0 Å². The Kier molecular flexibility index (Phi) is 1.76. The van der Waals surface area contributed by atoms with Crippen LogP contribution in [0, 0.1) is 0 Å². The van der Waals surface area contributed by atoms with Gasteiger partial charge in [0.15, 0.2) is 0 Å². The third-order valence-corrected chi connectivity index (χ3v) is 3.08. The summed E-state index contributed by atoms with van der Waals surface area (Å²) in [6, 6.07) is 0.799.